The zero-order chi connectivity index (χ0) is 10.8. The van der Waals surface area contributed by atoms with Gasteiger partial charge in [-0.25, -0.2) is 9.37 Å². The Bertz CT molecular complexity index is 507. The molecule has 0 radical (unpaired) electrons. The molecule has 0 saturated heterocycles. The zero-order valence-corrected chi connectivity index (χ0v) is 8.11. The second-order valence-electron chi connectivity index (χ2n) is 3.07. The smallest absolute Gasteiger partial charge is 0.168 e. The molecule has 0 bridgehead atoms. The highest BCUT2D eigenvalue weighted by molar-refractivity contribution is 5.76. The highest BCUT2D eigenvalue weighted by atomic mass is 19.1. The minimum Gasteiger partial charge on any atom is -0.378 e. The Morgan fingerprint density at radius 3 is 3.07 bits per heavy atom. The molecule has 0 unspecified atom stereocenters. The normalized spacial score (nSPS) is 10.8. The molecule has 0 aliphatic rings. The molecule has 0 aliphatic carbocycles. The Hall–Kier alpha value is -1.75. The Labute approximate surface area is 85.3 Å². The fourth-order valence-electron chi connectivity index (χ4n) is 1.45. The zero-order valence-electron chi connectivity index (χ0n) is 8.11. The summed E-state index contributed by atoms with van der Waals surface area (Å²) in [5, 5.41) is 0. The molecule has 2 aromatic heterocycles. The van der Waals surface area contributed by atoms with Crippen LogP contribution in [0.25, 0.3) is 5.65 Å². The van der Waals surface area contributed by atoms with Crippen LogP contribution in [0.5, 0.6) is 0 Å². The van der Waals surface area contributed by atoms with E-state index in [4.69, 9.17) is 4.74 Å². The van der Waals surface area contributed by atoms with E-state index in [1.54, 1.807) is 0 Å². The van der Waals surface area contributed by atoms with Crippen molar-refractivity contribution in [1.82, 2.24) is 9.38 Å². The van der Waals surface area contributed by atoms with E-state index in [-0.39, 0.29) is 6.61 Å². The molecule has 4 nitrogen and oxygen atoms in total. The van der Waals surface area contributed by atoms with Crippen molar-refractivity contribution in [1.29, 1.82) is 0 Å². The number of fused-ring (bicyclic) bond motifs is 1. The first-order valence-electron chi connectivity index (χ1n) is 4.37. The van der Waals surface area contributed by atoms with Crippen molar-refractivity contribution >= 4 is 11.9 Å². The van der Waals surface area contributed by atoms with Gasteiger partial charge in [0.2, 0.25) is 0 Å². The number of aromatic nitrogens is 2. The first-order chi connectivity index (χ1) is 7.26. The van der Waals surface area contributed by atoms with Gasteiger partial charge in [0.1, 0.15) is 17.2 Å². The van der Waals surface area contributed by atoms with Crippen LogP contribution >= 0.6 is 0 Å². The largest absolute Gasteiger partial charge is 0.378 e. The number of halogens is 1. The number of hydrogen-bond acceptors (Lipinski definition) is 3. The molecule has 0 amide bonds. The maximum atomic E-state index is 13.0. The number of methoxy groups -OCH3 is 1. The van der Waals surface area contributed by atoms with Gasteiger partial charge in [-0.2, -0.15) is 0 Å². The lowest BCUT2D eigenvalue weighted by Gasteiger charge is -1.96. The van der Waals surface area contributed by atoms with Gasteiger partial charge >= 0.3 is 0 Å². The summed E-state index contributed by atoms with van der Waals surface area (Å²) in [6.07, 6.45) is 1.87. The molecular formula is C10H9FN2O2. The molecule has 0 N–H and O–H groups in total. The lowest BCUT2D eigenvalue weighted by Crippen LogP contribution is -1.96. The van der Waals surface area contributed by atoms with Crippen molar-refractivity contribution in [3.8, 4) is 0 Å². The Morgan fingerprint density at radius 1 is 1.60 bits per heavy atom. The van der Waals surface area contributed by atoms with Crippen molar-refractivity contribution in [2.75, 3.05) is 7.11 Å². The molecule has 2 rings (SSSR count). The van der Waals surface area contributed by atoms with Gasteiger partial charge < -0.3 is 4.74 Å². The van der Waals surface area contributed by atoms with Crippen molar-refractivity contribution in [2.24, 2.45) is 0 Å². The highest BCUT2D eigenvalue weighted by Gasteiger charge is 2.11. The van der Waals surface area contributed by atoms with Crippen molar-refractivity contribution in [2.45, 2.75) is 6.61 Å². The molecule has 0 atom stereocenters. The number of hydrogen-bond donors (Lipinski definition) is 0. The summed E-state index contributed by atoms with van der Waals surface area (Å²) in [4.78, 5) is 15.0. The Kier molecular flexibility index (Phi) is 2.47. The molecule has 0 saturated carbocycles. The molecule has 2 heterocycles. The van der Waals surface area contributed by atoms with E-state index in [0.29, 0.717) is 23.3 Å². The first-order valence-corrected chi connectivity index (χ1v) is 4.37. The maximum absolute atomic E-state index is 13.0. The van der Waals surface area contributed by atoms with Crippen LogP contribution in [0.4, 0.5) is 4.39 Å². The van der Waals surface area contributed by atoms with Crippen molar-refractivity contribution < 1.29 is 13.9 Å². The second-order valence-corrected chi connectivity index (χ2v) is 3.07. The number of carbonyl (C=O) groups is 1. The average molecular weight is 208 g/mol. The van der Waals surface area contributed by atoms with Gasteiger partial charge in [-0.05, 0) is 12.1 Å². The van der Waals surface area contributed by atoms with E-state index >= 15 is 0 Å². The summed E-state index contributed by atoms with van der Waals surface area (Å²) in [7, 11) is 1.51. The van der Waals surface area contributed by atoms with Crippen LogP contribution in [0.2, 0.25) is 0 Å². The van der Waals surface area contributed by atoms with E-state index in [2.05, 4.69) is 4.98 Å². The van der Waals surface area contributed by atoms with Crippen LogP contribution in [-0.2, 0) is 11.3 Å². The molecule has 0 aromatic carbocycles. The van der Waals surface area contributed by atoms with Crippen LogP contribution in [0.1, 0.15) is 16.2 Å². The predicted molar refractivity (Wildman–Crippen MR) is 51.3 cm³/mol. The van der Waals surface area contributed by atoms with Crippen LogP contribution in [-0.4, -0.2) is 22.8 Å². The van der Waals surface area contributed by atoms with Crippen LogP contribution < -0.4 is 0 Å². The molecule has 2 aromatic rings. The highest BCUT2D eigenvalue weighted by Crippen LogP contribution is 2.12. The molecule has 0 aliphatic heterocycles. The van der Waals surface area contributed by atoms with Gasteiger partial charge in [0.15, 0.2) is 6.29 Å². The number of imidazole rings is 1. The fraction of sp³-hybridized carbons (Fsp3) is 0.200. The lowest BCUT2D eigenvalue weighted by molar-refractivity contribution is 0.111. The number of nitrogens with zero attached hydrogens (tertiary/aromatic N) is 2. The van der Waals surface area contributed by atoms with Gasteiger partial charge in [0, 0.05) is 13.3 Å². The molecule has 0 fully saturated rings. The quantitative estimate of drug-likeness (QED) is 0.717. The Morgan fingerprint density at radius 2 is 2.40 bits per heavy atom. The average Bonchev–Trinajstić information content (AvgIpc) is 2.55. The SMILES string of the molecule is COCc1nc2ccc(F)cn2c1C=O. The summed E-state index contributed by atoms with van der Waals surface area (Å²) in [5.74, 6) is -0.410. The lowest BCUT2D eigenvalue weighted by atomic mass is 10.3. The van der Waals surface area contributed by atoms with Gasteiger partial charge in [0.25, 0.3) is 0 Å². The number of carbonyl (C=O) groups excluding carboxylic acids is 1. The third kappa shape index (κ3) is 1.61. The monoisotopic (exact) mass is 208 g/mol. The van der Waals surface area contributed by atoms with Gasteiger partial charge in [0.05, 0.1) is 12.3 Å². The number of rotatable bonds is 3. The summed E-state index contributed by atoms with van der Waals surface area (Å²) in [5.41, 5.74) is 1.37. The third-order valence-corrected chi connectivity index (χ3v) is 2.09. The summed E-state index contributed by atoms with van der Waals surface area (Å²) in [6, 6.07) is 2.81. The van der Waals surface area contributed by atoms with Crippen LogP contribution in [0.15, 0.2) is 18.3 Å². The topological polar surface area (TPSA) is 43.6 Å². The van der Waals surface area contributed by atoms with E-state index in [1.807, 2.05) is 0 Å². The summed E-state index contributed by atoms with van der Waals surface area (Å²) in [6.45, 7) is 0.234. The molecule has 5 heteroatoms. The van der Waals surface area contributed by atoms with Crippen LogP contribution in [0.3, 0.4) is 0 Å². The number of pyridine rings is 1. The fourth-order valence-corrected chi connectivity index (χ4v) is 1.45. The van der Waals surface area contributed by atoms with Crippen molar-refractivity contribution in [3.05, 3.63) is 35.5 Å². The van der Waals surface area contributed by atoms with Gasteiger partial charge in [-0.15, -0.1) is 0 Å². The van der Waals surface area contributed by atoms with Crippen molar-refractivity contribution in [3.63, 3.8) is 0 Å². The van der Waals surface area contributed by atoms with Gasteiger partial charge in [-0.1, -0.05) is 0 Å². The molecular weight excluding hydrogens is 199 g/mol. The number of ether oxygens (including phenoxy) is 1. The summed E-state index contributed by atoms with van der Waals surface area (Å²) < 4.78 is 19.3. The summed E-state index contributed by atoms with van der Waals surface area (Å²) >= 11 is 0. The van der Waals surface area contributed by atoms with Gasteiger partial charge in [-0.3, -0.25) is 9.20 Å². The first kappa shape index (κ1) is 9.79. The Balaban J connectivity index is 2.68. The molecule has 15 heavy (non-hydrogen) atoms. The minimum absolute atomic E-state index is 0.234. The number of aldehydes is 1. The van der Waals surface area contributed by atoms with E-state index in [0.717, 1.165) is 0 Å². The standard InChI is InChI=1S/C10H9FN2O2/c1-15-6-8-9(5-14)13-4-7(11)2-3-10(13)12-8/h2-5H,6H2,1H3. The molecule has 0 spiro atoms. The minimum atomic E-state index is -0.410. The van der Waals surface area contributed by atoms with E-state index in [9.17, 15) is 9.18 Å². The second kappa shape index (κ2) is 3.78. The molecule has 78 valence electrons. The van der Waals surface area contributed by atoms with Crippen LogP contribution in [0, 0.1) is 5.82 Å². The predicted octanol–water partition coefficient (Wildman–Crippen LogP) is 1.43. The third-order valence-electron chi connectivity index (χ3n) is 2.09. The maximum Gasteiger partial charge on any atom is 0.168 e. The van der Waals surface area contributed by atoms with E-state index < -0.39 is 5.82 Å². The van der Waals surface area contributed by atoms with E-state index in [1.165, 1.54) is 29.8 Å².